The number of anilines is 1. The van der Waals surface area contributed by atoms with Gasteiger partial charge in [-0.15, -0.1) is 0 Å². The fraction of sp³-hybridized carbons (Fsp3) is 0.158. The van der Waals surface area contributed by atoms with E-state index in [1.165, 1.54) is 0 Å². The lowest BCUT2D eigenvalue weighted by Gasteiger charge is -2.15. The Kier molecular flexibility index (Phi) is 4.81. The van der Waals surface area contributed by atoms with Crippen LogP contribution in [-0.2, 0) is 4.79 Å². The largest absolute Gasteiger partial charge is 0.332 e. The molecule has 2 aromatic rings. The van der Waals surface area contributed by atoms with Gasteiger partial charge in [-0.2, -0.15) is 0 Å². The lowest BCUT2D eigenvalue weighted by atomic mass is 10.1. The third-order valence-electron chi connectivity index (χ3n) is 4.20. The Bertz CT molecular complexity index is 904. The normalized spacial score (nSPS) is 12.8. The lowest BCUT2D eigenvalue weighted by Crippen LogP contribution is -2.43. The van der Waals surface area contributed by atoms with E-state index in [9.17, 15) is 14.4 Å². The zero-order chi connectivity index (χ0) is 18.8. The Morgan fingerprint density at radius 1 is 1.00 bits per heavy atom. The van der Waals surface area contributed by atoms with E-state index in [-0.39, 0.29) is 11.7 Å². The summed E-state index contributed by atoms with van der Waals surface area (Å²) in [5.74, 6) is -1.50. The molecule has 3 amide bonds. The summed E-state index contributed by atoms with van der Waals surface area (Å²) in [5, 5.41) is 5.52. The van der Waals surface area contributed by atoms with Gasteiger partial charge in [0.15, 0.2) is 5.11 Å². The summed E-state index contributed by atoms with van der Waals surface area (Å²) >= 11 is 5.13. The van der Waals surface area contributed by atoms with Crippen molar-refractivity contribution in [2.45, 2.75) is 13.8 Å². The Labute approximate surface area is 156 Å². The summed E-state index contributed by atoms with van der Waals surface area (Å²) in [6.07, 6.45) is 0. The minimum atomic E-state index is -0.541. The molecule has 1 aliphatic rings. The zero-order valence-corrected chi connectivity index (χ0v) is 15.1. The van der Waals surface area contributed by atoms with Gasteiger partial charge in [0, 0.05) is 5.69 Å². The summed E-state index contributed by atoms with van der Waals surface area (Å²) in [6.45, 7) is 3.59. The second-order valence-electron chi connectivity index (χ2n) is 6.04. The minimum absolute atomic E-state index is 0.106. The molecule has 1 aliphatic heterocycles. The van der Waals surface area contributed by atoms with E-state index in [2.05, 4.69) is 10.6 Å². The van der Waals surface area contributed by atoms with Crippen LogP contribution in [0.4, 0.5) is 5.69 Å². The quantitative estimate of drug-likeness (QED) is 0.643. The monoisotopic (exact) mass is 367 g/mol. The van der Waals surface area contributed by atoms with Gasteiger partial charge in [-0.3, -0.25) is 19.3 Å². The molecule has 0 radical (unpaired) electrons. The summed E-state index contributed by atoms with van der Waals surface area (Å²) in [7, 11) is 0. The van der Waals surface area contributed by atoms with E-state index in [1.807, 2.05) is 32.0 Å². The zero-order valence-electron chi connectivity index (χ0n) is 14.3. The topological polar surface area (TPSA) is 78.5 Å². The van der Waals surface area contributed by atoms with Crippen molar-refractivity contribution < 1.29 is 14.4 Å². The molecule has 2 N–H and O–H groups in total. The lowest BCUT2D eigenvalue weighted by molar-refractivity contribution is -0.120. The number of thiocarbonyl (C=S) groups is 1. The molecule has 0 aliphatic carbocycles. The molecule has 0 saturated carbocycles. The third kappa shape index (κ3) is 3.48. The molecule has 0 bridgehead atoms. The average Bonchev–Trinajstić information content (AvgIpc) is 2.83. The number of nitrogens with zero attached hydrogens (tertiary/aromatic N) is 1. The van der Waals surface area contributed by atoms with Gasteiger partial charge in [0.05, 0.1) is 11.1 Å². The van der Waals surface area contributed by atoms with Crippen molar-refractivity contribution in [3.05, 3.63) is 64.7 Å². The molecule has 6 nitrogen and oxygen atoms in total. The van der Waals surface area contributed by atoms with Crippen LogP contribution in [0.15, 0.2) is 42.5 Å². The molecule has 0 saturated heterocycles. The average molecular weight is 367 g/mol. The number of fused-ring (bicyclic) bond motifs is 1. The number of carbonyl (C=O) groups is 3. The fourth-order valence-corrected chi connectivity index (χ4v) is 2.91. The Balaban J connectivity index is 1.61. The van der Waals surface area contributed by atoms with Crippen LogP contribution < -0.4 is 10.6 Å². The maximum absolute atomic E-state index is 12.3. The van der Waals surface area contributed by atoms with Crippen molar-refractivity contribution in [1.82, 2.24) is 10.2 Å². The SMILES string of the molecule is Cc1ccc(NC(=S)NC(=O)CN2C(=O)c3ccccc3C2=O)cc1C. The first kappa shape index (κ1) is 17.8. The summed E-state index contributed by atoms with van der Waals surface area (Å²) in [5.41, 5.74) is 3.60. The summed E-state index contributed by atoms with van der Waals surface area (Å²) in [4.78, 5) is 37.6. The van der Waals surface area contributed by atoms with Crippen molar-refractivity contribution >= 4 is 40.7 Å². The molecular formula is C19H17N3O3S. The molecule has 2 aromatic carbocycles. The number of aryl methyl sites for hydroxylation is 2. The van der Waals surface area contributed by atoms with E-state index in [0.29, 0.717) is 11.1 Å². The van der Waals surface area contributed by atoms with Crippen LogP contribution >= 0.6 is 12.2 Å². The fourth-order valence-electron chi connectivity index (χ4n) is 2.67. The highest BCUT2D eigenvalue weighted by Gasteiger charge is 2.36. The van der Waals surface area contributed by atoms with Crippen LogP contribution in [0, 0.1) is 13.8 Å². The first-order valence-electron chi connectivity index (χ1n) is 8.00. The number of carbonyl (C=O) groups excluding carboxylic acids is 3. The van der Waals surface area contributed by atoms with Gasteiger partial charge in [-0.1, -0.05) is 18.2 Å². The molecule has 26 heavy (non-hydrogen) atoms. The van der Waals surface area contributed by atoms with E-state index in [4.69, 9.17) is 12.2 Å². The molecular weight excluding hydrogens is 350 g/mol. The standard InChI is InChI=1S/C19H17N3O3S/c1-11-7-8-13(9-12(11)2)20-19(26)21-16(23)10-22-17(24)14-5-3-4-6-15(14)18(22)25/h3-9H,10H2,1-2H3,(H2,20,21,23,26). The Morgan fingerprint density at radius 3 is 2.19 bits per heavy atom. The first-order chi connectivity index (χ1) is 12.4. The minimum Gasteiger partial charge on any atom is -0.332 e. The first-order valence-corrected chi connectivity index (χ1v) is 8.41. The maximum atomic E-state index is 12.3. The summed E-state index contributed by atoms with van der Waals surface area (Å²) < 4.78 is 0. The second-order valence-corrected chi connectivity index (χ2v) is 6.45. The van der Waals surface area contributed by atoms with Gasteiger partial charge >= 0.3 is 0 Å². The number of rotatable bonds is 3. The predicted octanol–water partition coefficient (Wildman–Crippen LogP) is 2.41. The summed E-state index contributed by atoms with van der Waals surface area (Å²) in [6, 6.07) is 12.2. The van der Waals surface area contributed by atoms with Gasteiger partial charge in [0.2, 0.25) is 5.91 Å². The van der Waals surface area contributed by atoms with Crippen LogP contribution in [0.2, 0.25) is 0 Å². The number of amides is 3. The van der Waals surface area contributed by atoms with E-state index >= 15 is 0 Å². The van der Waals surface area contributed by atoms with E-state index < -0.39 is 17.7 Å². The maximum Gasteiger partial charge on any atom is 0.262 e. The van der Waals surface area contributed by atoms with Gasteiger partial charge in [0.1, 0.15) is 6.54 Å². The van der Waals surface area contributed by atoms with Crippen molar-refractivity contribution in [1.29, 1.82) is 0 Å². The van der Waals surface area contributed by atoms with Crippen LogP contribution in [0.25, 0.3) is 0 Å². The van der Waals surface area contributed by atoms with Crippen molar-refractivity contribution in [2.75, 3.05) is 11.9 Å². The van der Waals surface area contributed by atoms with Crippen molar-refractivity contribution in [3.8, 4) is 0 Å². The molecule has 7 heteroatoms. The number of benzene rings is 2. The Morgan fingerprint density at radius 2 is 1.62 bits per heavy atom. The Hall–Kier alpha value is -3.06. The molecule has 132 valence electrons. The molecule has 0 aromatic heterocycles. The van der Waals surface area contributed by atoms with Crippen LogP contribution in [0.1, 0.15) is 31.8 Å². The van der Waals surface area contributed by atoms with Crippen LogP contribution in [0.3, 0.4) is 0 Å². The molecule has 3 rings (SSSR count). The van der Waals surface area contributed by atoms with Gasteiger partial charge in [0.25, 0.3) is 11.8 Å². The van der Waals surface area contributed by atoms with Crippen LogP contribution in [-0.4, -0.2) is 34.3 Å². The molecule has 0 atom stereocenters. The molecule has 0 unspecified atom stereocenters. The highest BCUT2D eigenvalue weighted by molar-refractivity contribution is 7.80. The van der Waals surface area contributed by atoms with E-state index in [1.54, 1.807) is 24.3 Å². The second kappa shape index (κ2) is 7.05. The number of hydrogen-bond donors (Lipinski definition) is 2. The van der Waals surface area contributed by atoms with Crippen LogP contribution in [0.5, 0.6) is 0 Å². The predicted molar refractivity (Wildman–Crippen MR) is 102 cm³/mol. The van der Waals surface area contributed by atoms with Gasteiger partial charge < -0.3 is 10.6 Å². The van der Waals surface area contributed by atoms with Gasteiger partial charge in [-0.05, 0) is 61.5 Å². The van der Waals surface area contributed by atoms with Gasteiger partial charge in [-0.25, -0.2) is 0 Å². The molecule has 0 spiro atoms. The van der Waals surface area contributed by atoms with Crippen molar-refractivity contribution in [3.63, 3.8) is 0 Å². The highest BCUT2D eigenvalue weighted by Crippen LogP contribution is 2.21. The highest BCUT2D eigenvalue weighted by atomic mass is 32.1. The third-order valence-corrected chi connectivity index (χ3v) is 4.40. The smallest absolute Gasteiger partial charge is 0.262 e. The molecule has 0 fully saturated rings. The van der Waals surface area contributed by atoms with Crippen molar-refractivity contribution in [2.24, 2.45) is 0 Å². The number of hydrogen-bond acceptors (Lipinski definition) is 4. The molecule has 1 heterocycles. The number of nitrogens with one attached hydrogen (secondary N) is 2. The number of imide groups is 1. The van der Waals surface area contributed by atoms with E-state index in [0.717, 1.165) is 21.7 Å².